The summed E-state index contributed by atoms with van der Waals surface area (Å²) in [7, 11) is 0. The van der Waals surface area contributed by atoms with E-state index in [1.165, 1.54) is 37.1 Å². The standard InChI is InChI=1S/C16H26N2/c1-3-17-12-14-8-10-16(11-9-14)18(4-2)13-15-6-5-7-15/h8-11,15,17H,3-7,12-13H2,1-2H3. The summed E-state index contributed by atoms with van der Waals surface area (Å²) < 4.78 is 0. The van der Waals surface area contributed by atoms with E-state index < -0.39 is 0 Å². The molecule has 1 N–H and O–H groups in total. The molecule has 0 radical (unpaired) electrons. The van der Waals surface area contributed by atoms with Gasteiger partial charge in [0.1, 0.15) is 0 Å². The first kappa shape index (κ1) is 13.4. The summed E-state index contributed by atoms with van der Waals surface area (Å²) in [5.41, 5.74) is 2.75. The fourth-order valence-electron chi connectivity index (χ4n) is 2.50. The molecular weight excluding hydrogens is 220 g/mol. The van der Waals surface area contributed by atoms with Gasteiger partial charge in [-0.25, -0.2) is 0 Å². The molecule has 1 aliphatic rings. The van der Waals surface area contributed by atoms with E-state index in [0.29, 0.717) is 0 Å². The lowest BCUT2D eigenvalue weighted by atomic mass is 9.85. The first-order valence-electron chi connectivity index (χ1n) is 7.38. The smallest absolute Gasteiger partial charge is 0.0366 e. The van der Waals surface area contributed by atoms with Crippen molar-refractivity contribution < 1.29 is 0 Å². The highest BCUT2D eigenvalue weighted by Crippen LogP contribution is 2.28. The summed E-state index contributed by atoms with van der Waals surface area (Å²) in [6, 6.07) is 9.05. The number of benzene rings is 1. The van der Waals surface area contributed by atoms with E-state index in [0.717, 1.165) is 25.6 Å². The van der Waals surface area contributed by atoms with Crippen LogP contribution >= 0.6 is 0 Å². The van der Waals surface area contributed by atoms with Crippen molar-refractivity contribution in [2.45, 2.75) is 39.7 Å². The maximum absolute atomic E-state index is 3.36. The van der Waals surface area contributed by atoms with Crippen LogP contribution in [-0.2, 0) is 6.54 Å². The molecule has 1 fully saturated rings. The molecular formula is C16H26N2. The number of anilines is 1. The molecule has 1 saturated carbocycles. The lowest BCUT2D eigenvalue weighted by Crippen LogP contribution is -2.32. The van der Waals surface area contributed by atoms with Gasteiger partial charge in [0.2, 0.25) is 0 Å². The van der Waals surface area contributed by atoms with Gasteiger partial charge in [-0.15, -0.1) is 0 Å². The Bertz CT molecular complexity index is 341. The first-order chi connectivity index (χ1) is 8.83. The van der Waals surface area contributed by atoms with Gasteiger partial charge in [-0.05, 0) is 49.9 Å². The Kier molecular flexibility index (Phi) is 5.06. The third-order valence-corrected chi connectivity index (χ3v) is 3.97. The van der Waals surface area contributed by atoms with Gasteiger partial charge in [-0.1, -0.05) is 25.5 Å². The van der Waals surface area contributed by atoms with E-state index in [4.69, 9.17) is 0 Å². The van der Waals surface area contributed by atoms with Crippen molar-refractivity contribution in [3.05, 3.63) is 29.8 Å². The molecule has 0 aromatic heterocycles. The average Bonchev–Trinajstić information content (AvgIpc) is 2.36. The van der Waals surface area contributed by atoms with Gasteiger partial charge in [-0.2, -0.15) is 0 Å². The molecule has 0 aliphatic heterocycles. The summed E-state index contributed by atoms with van der Waals surface area (Å²) >= 11 is 0. The van der Waals surface area contributed by atoms with Crippen molar-refractivity contribution >= 4 is 5.69 Å². The zero-order chi connectivity index (χ0) is 12.8. The molecule has 100 valence electrons. The maximum atomic E-state index is 3.36. The van der Waals surface area contributed by atoms with Crippen molar-refractivity contribution in [3.63, 3.8) is 0 Å². The van der Waals surface area contributed by atoms with E-state index in [2.05, 4.69) is 48.3 Å². The molecule has 2 nitrogen and oxygen atoms in total. The van der Waals surface area contributed by atoms with Gasteiger partial charge < -0.3 is 10.2 Å². The Morgan fingerprint density at radius 3 is 2.39 bits per heavy atom. The average molecular weight is 246 g/mol. The van der Waals surface area contributed by atoms with E-state index in [1.54, 1.807) is 0 Å². The van der Waals surface area contributed by atoms with Crippen molar-refractivity contribution in [2.24, 2.45) is 5.92 Å². The normalized spacial score (nSPS) is 15.4. The minimum atomic E-state index is 0.936. The van der Waals surface area contributed by atoms with E-state index in [1.807, 2.05) is 0 Å². The zero-order valence-corrected chi connectivity index (χ0v) is 11.8. The lowest BCUT2D eigenvalue weighted by molar-refractivity contribution is 0.318. The van der Waals surface area contributed by atoms with Crippen LogP contribution in [0.2, 0.25) is 0 Å². The van der Waals surface area contributed by atoms with Crippen LogP contribution < -0.4 is 10.2 Å². The quantitative estimate of drug-likeness (QED) is 0.793. The van der Waals surface area contributed by atoms with Gasteiger partial charge >= 0.3 is 0 Å². The zero-order valence-electron chi connectivity index (χ0n) is 11.8. The van der Waals surface area contributed by atoms with E-state index in [9.17, 15) is 0 Å². The second-order valence-electron chi connectivity index (χ2n) is 5.28. The topological polar surface area (TPSA) is 15.3 Å². The predicted molar refractivity (Wildman–Crippen MR) is 79.1 cm³/mol. The fourth-order valence-corrected chi connectivity index (χ4v) is 2.50. The molecule has 0 unspecified atom stereocenters. The molecule has 18 heavy (non-hydrogen) atoms. The molecule has 2 heteroatoms. The number of hydrogen-bond donors (Lipinski definition) is 1. The van der Waals surface area contributed by atoms with E-state index >= 15 is 0 Å². The van der Waals surface area contributed by atoms with Gasteiger partial charge in [-0.3, -0.25) is 0 Å². The summed E-state index contributed by atoms with van der Waals surface area (Å²) in [5, 5.41) is 3.36. The molecule has 0 atom stereocenters. The van der Waals surface area contributed by atoms with Gasteiger partial charge in [0, 0.05) is 25.3 Å². The number of rotatable bonds is 7. The lowest BCUT2D eigenvalue weighted by Gasteiger charge is -2.33. The second kappa shape index (κ2) is 6.79. The van der Waals surface area contributed by atoms with Crippen LogP contribution in [0.15, 0.2) is 24.3 Å². The Hall–Kier alpha value is -1.02. The summed E-state index contributed by atoms with van der Waals surface area (Å²) in [6.07, 6.45) is 4.29. The highest BCUT2D eigenvalue weighted by atomic mass is 15.1. The minimum Gasteiger partial charge on any atom is -0.372 e. The maximum Gasteiger partial charge on any atom is 0.0366 e. The van der Waals surface area contributed by atoms with Crippen molar-refractivity contribution in [1.29, 1.82) is 0 Å². The Morgan fingerprint density at radius 2 is 1.89 bits per heavy atom. The Morgan fingerprint density at radius 1 is 1.17 bits per heavy atom. The van der Waals surface area contributed by atoms with Crippen molar-refractivity contribution in [1.82, 2.24) is 5.32 Å². The Labute approximate surface area is 111 Å². The monoisotopic (exact) mass is 246 g/mol. The molecule has 1 aromatic rings. The molecule has 0 heterocycles. The molecule has 0 saturated heterocycles. The van der Waals surface area contributed by atoms with Crippen LogP contribution in [0, 0.1) is 5.92 Å². The van der Waals surface area contributed by atoms with Crippen LogP contribution in [0.1, 0.15) is 38.7 Å². The van der Waals surface area contributed by atoms with Gasteiger partial charge in [0.05, 0.1) is 0 Å². The van der Waals surface area contributed by atoms with Gasteiger partial charge in [0.25, 0.3) is 0 Å². The second-order valence-corrected chi connectivity index (χ2v) is 5.28. The first-order valence-corrected chi connectivity index (χ1v) is 7.38. The number of nitrogens with one attached hydrogen (secondary N) is 1. The summed E-state index contributed by atoms with van der Waals surface area (Å²) in [6.45, 7) is 8.76. The SMILES string of the molecule is CCNCc1ccc(N(CC)CC2CCC2)cc1. The fraction of sp³-hybridized carbons (Fsp3) is 0.625. The van der Waals surface area contributed by atoms with Crippen molar-refractivity contribution in [3.8, 4) is 0 Å². The number of nitrogens with zero attached hydrogens (tertiary/aromatic N) is 1. The van der Waals surface area contributed by atoms with Gasteiger partial charge in [0.15, 0.2) is 0 Å². The highest BCUT2D eigenvalue weighted by molar-refractivity contribution is 5.47. The van der Waals surface area contributed by atoms with E-state index in [-0.39, 0.29) is 0 Å². The van der Waals surface area contributed by atoms with Crippen LogP contribution in [0.5, 0.6) is 0 Å². The van der Waals surface area contributed by atoms with Crippen LogP contribution in [0.4, 0.5) is 5.69 Å². The molecule has 2 rings (SSSR count). The third kappa shape index (κ3) is 3.49. The molecule has 0 spiro atoms. The third-order valence-electron chi connectivity index (χ3n) is 3.97. The van der Waals surface area contributed by atoms with Crippen molar-refractivity contribution in [2.75, 3.05) is 24.5 Å². The summed E-state index contributed by atoms with van der Waals surface area (Å²) in [4.78, 5) is 2.51. The van der Waals surface area contributed by atoms with Crippen LogP contribution in [0.3, 0.4) is 0 Å². The Balaban J connectivity index is 1.92. The van der Waals surface area contributed by atoms with Crippen LogP contribution in [0.25, 0.3) is 0 Å². The largest absolute Gasteiger partial charge is 0.372 e. The summed E-state index contributed by atoms with van der Waals surface area (Å²) in [5.74, 6) is 0.936. The van der Waals surface area contributed by atoms with Crippen LogP contribution in [-0.4, -0.2) is 19.6 Å². The highest BCUT2D eigenvalue weighted by Gasteiger charge is 2.20. The molecule has 1 aromatic carbocycles. The predicted octanol–water partition coefficient (Wildman–Crippen LogP) is 3.42. The molecule has 0 amide bonds. The molecule has 0 bridgehead atoms. The number of hydrogen-bond acceptors (Lipinski definition) is 2. The molecule has 1 aliphatic carbocycles. The minimum absolute atomic E-state index is 0.936.